The maximum absolute atomic E-state index is 11.8. The molecule has 0 fully saturated rings. The predicted octanol–water partition coefficient (Wildman–Crippen LogP) is 2.13. The van der Waals surface area contributed by atoms with E-state index in [0.717, 1.165) is 0 Å². The predicted molar refractivity (Wildman–Crippen MR) is 81.6 cm³/mol. The summed E-state index contributed by atoms with van der Waals surface area (Å²) in [4.78, 5) is 22.5. The number of benzene rings is 1. The fraction of sp³-hybridized carbons (Fsp3) is 0.308. The molecule has 0 aliphatic rings. The number of carbonyl (C=O) groups is 2. The quantitative estimate of drug-likeness (QED) is 0.617. The molecule has 114 valence electrons. The summed E-state index contributed by atoms with van der Waals surface area (Å²) in [6.45, 7) is 3.12. The Morgan fingerprint density at radius 2 is 2.10 bits per heavy atom. The van der Waals surface area contributed by atoms with Gasteiger partial charge in [-0.25, -0.2) is 5.43 Å². The molecule has 1 atom stereocenters. The van der Waals surface area contributed by atoms with Crippen LogP contribution in [0.25, 0.3) is 0 Å². The number of nitrogens with zero attached hydrogens (tertiary/aromatic N) is 1. The number of carbonyl (C=O) groups excluding carboxylic acids is 2. The van der Waals surface area contributed by atoms with Crippen molar-refractivity contribution in [2.45, 2.75) is 26.4 Å². The van der Waals surface area contributed by atoms with E-state index < -0.39 is 17.9 Å². The Morgan fingerprint density at radius 3 is 2.67 bits per heavy atom. The number of halogens is 2. The van der Waals surface area contributed by atoms with E-state index >= 15 is 0 Å². The lowest BCUT2D eigenvalue weighted by Crippen LogP contribution is -2.34. The Hall–Kier alpha value is -1.79. The zero-order valence-corrected chi connectivity index (χ0v) is 13.0. The van der Waals surface area contributed by atoms with Gasteiger partial charge in [-0.2, -0.15) is 5.10 Å². The molecule has 0 aromatic heterocycles. The average molecular weight is 332 g/mol. The first kappa shape index (κ1) is 17.3. The first-order valence-corrected chi connectivity index (χ1v) is 6.78. The van der Waals surface area contributed by atoms with Gasteiger partial charge in [-0.05, 0) is 32.0 Å². The van der Waals surface area contributed by atoms with Crippen molar-refractivity contribution in [3.8, 4) is 5.75 Å². The van der Waals surface area contributed by atoms with Crippen LogP contribution in [0, 0.1) is 0 Å². The fourth-order valence-electron chi connectivity index (χ4n) is 1.35. The van der Waals surface area contributed by atoms with Gasteiger partial charge in [-0.1, -0.05) is 23.2 Å². The highest BCUT2D eigenvalue weighted by Gasteiger charge is 2.16. The number of primary amides is 1. The van der Waals surface area contributed by atoms with Crippen LogP contribution in [0.2, 0.25) is 10.0 Å². The normalized spacial score (nSPS) is 12.7. The van der Waals surface area contributed by atoms with Crippen LogP contribution >= 0.6 is 23.2 Å². The van der Waals surface area contributed by atoms with Gasteiger partial charge < -0.3 is 10.5 Å². The van der Waals surface area contributed by atoms with E-state index in [1.165, 1.54) is 6.07 Å². The molecule has 0 aliphatic carbocycles. The Morgan fingerprint density at radius 1 is 1.43 bits per heavy atom. The second-order valence-corrected chi connectivity index (χ2v) is 5.14. The summed E-state index contributed by atoms with van der Waals surface area (Å²) in [5.41, 5.74) is 7.69. The molecule has 1 rings (SSSR count). The smallest absolute Gasteiger partial charge is 0.280 e. The van der Waals surface area contributed by atoms with Crippen LogP contribution in [0.5, 0.6) is 5.75 Å². The number of amides is 2. The van der Waals surface area contributed by atoms with Crippen molar-refractivity contribution < 1.29 is 14.3 Å². The minimum Gasteiger partial charge on any atom is -0.479 e. The summed E-state index contributed by atoms with van der Waals surface area (Å²) in [6, 6.07) is 4.68. The first-order valence-electron chi connectivity index (χ1n) is 6.02. The van der Waals surface area contributed by atoms with Crippen LogP contribution in [0.3, 0.4) is 0 Å². The van der Waals surface area contributed by atoms with E-state index in [9.17, 15) is 9.59 Å². The number of rotatable bonds is 6. The van der Waals surface area contributed by atoms with E-state index in [4.69, 9.17) is 33.7 Å². The average Bonchev–Trinajstić information content (AvgIpc) is 2.38. The topological polar surface area (TPSA) is 93.8 Å². The van der Waals surface area contributed by atoms with Crippen molar-refractivity contribution in [1.82, 2.24) is 5.43 Å². The number of hydrogen-bond donors (Lipinski definition) is 2. The SMILES string of the molecule is CC(CC(N)=O)=NNC(=O)C(C)Oc1ccc(Cl)cc1Cl. The molecule has 0 spiro atoms. The number of ether oxygens (including phenoxy) is 1. The van der Waals surface area contributed by atoms with Gasteiger partial charge in [0.05, 0.1) is 11.4 Å². The van der Waals surface area contributed by atoms with E-state index in [1.54, 1.807) is 26.0 Å². The van der Waals surface area contributed by atoms with Crippen molar-refractivity contribution in [2.24, 2.45) is 10.8 Å². The molecule has 1 aromatic rings. The molecule has 8 heteroatoms. The van der Waals surface area contributed by atoms with Crippen LogP contribution < -0.4 is 15.9 Å². The molecule has 0 aliphatic heterocycles. The van der Waals surface area contributed by atoms with Gasteiger partial charge in [0.25, 0.3) is 5.91 Å². The highest BCUT2D eigenvalue weighted by atomic mass is 35.5. The molecule has 0 saturated heterocycles. The van der Waals surface area contributed by atoms with Gasteiger partial charge in [0.1, 0.15) is 5.75 Å². The van der Waals surface area contributed by atoms with Crippen LogP contribution in [0.4, 0.5) is 0 Å². The van der Waals surface area contributed by atoms with E-state index in [1.807, 2.05) is 0 Å². The van der Waals surface area contributed by atoms with Gasteiger partial charge in [0.15, 0.2) is 6.10 Å². The number of nitrogens with one attached hydrogen (secondary N) is 1. The standard InChI is InChI=1S/C13H15Cl2N3O3/c1-7(5-12(16)19)17-18-13(20)8(2)21-11-4-3-9(14)6-10(11)15/h3-4,6,8H,5H2,1-2H3,(H2,16,19)(H,18,20). The van der Waals surface area contributed by atoms with Crippen LogP contribution in [0.15, 0.2) is 23.3 Å². The van der Waals surface area contributed by atoms with Gasteiger partial charge >= 0.3 is 0 Å². The maximum Gasteiger partial charge on any atom is 0.280 e. The second kappa shape index (κ2) is 7.85. The van der Waals surface area contributed by atoms with Gasteiger partial charge in [0.2, 0.25) is 5.91 Å². The minimum absolute atomic E-state index is 0.0292. The lowest BCUT2D eigenvalue weighted by atomic mass is 10.3. The van der Waals surface area contributed by atoms with Crippen molar-refractivity contribution in [3.63, 3.8) is 0 Å². The minimum atomic E-state index is -0.825. The van der Waals surface area contributed by atoms with Crippen molar-refractivity contribution in [3.05, 3.63) is 28.2 Å². The molecule has 1 unspecified atom stereocenters. The molecule has 3 N–H and O–H groups in total. The highest BCUT2D eigenvalue weighted by Crippen LogP contribution is 2.28. The van der Waals surface area contributed by atoms with Crippen molar-refractivity contribution in [1.29, 1.82) is 0 Å². The summed E-state index contributed by atoms with van der Waals surface area (Å²) in [5.74, 6) is -0.672. The summed E-state index contributed by atoms with van der Waals surface area (Å²) < 4.78 is 5.41. The summed E-state index contributed by atoms with van der Waals surface area (Å²) in [7, 11) is 0. The summed E-state index contributed by atoms with van der Waals surface area (Å²) >= 11 is 11.7. The van der Waals surface area contributed by atoms with Gasteiger partial charge in [-0.15, -0.1) is 0 Å². The summed E-state index contributed by atoms with van der Waals surface area (Å²) in [5, 5.41) is 4.52. The maximum atomic E-state index is 11.8. The molecule has 2 amide bonds. The molecular formula is C13H15Cl2N3O3. The molecule has 0 heterocycles. The first-order chi connectivity index (χ1) is 9.79. The van der Waals surface area contributed by atoms with E-state index in [0.29, 0.717) is 21.5 Å². The van der Waals surface area contributed by atoms with E-state index in [2.05, 4.69) is 10.5 Å². The Kier molecular flexibility index (Phi) is 6.45. The molecule has 0 radical (unpaired) electrons. The van der Waals surface area contributed by atoms with Gasteiger partial charge in [-0.3, -0.25) is 9.59 Å². The van der Waals surface area contributed by atoms with Gasteiger partial charge in [0, 0.05) is 10.7 Å². The van der Waals surface area contributed by atoms with Crippen molar-refractivity contribution >= 4 is 40.7 Å². The van der Waals surface area contributed by atoms with Crippen LogP contribution in [-0.2, 0) is 9.59 Å². The number of hydrogen-bond acceptors (Lipinski definition) is 4. The summed E-state index contributed by atoms with van der Waals surface area (Å²) in [6.07, 6.45) is -0.854. The number of nitrogens with two attached hydrogens (primary N) is 1. The fourth-order valence-corrected chi connectivity index (χ4v) is 1.80. The largest absolute Gasteiger partial charge is 0.479 e. The molecule has 0 bridgehead atoms. The Bertz CT molecular complexity index is 576. The Balaban J connectivity index is 2.60. The zero-order valence-electron chi connectivity index (χ0n) is 11.5. The third kappa shape index (κ3) is 6.01. The second-order valence-electron chi connectivity index (χ2n) is 4.30. The molecular weight excluding hydrogens is 317 g/mol. The third-order valence-corrected chi connectivity index (χ3v) is 2.88. The zero-order chi connectivity index (χ0) is 16.0. The molecule has 21 heavy (non-hydrogen) atoms. The monoisotopic (exact) mass is 331 g/mol. The molecule has 6 nitrogen and oxygen atoms in total. The molecule has 1 aromatic carbocycles. The van der Waals surface area contributed by atoms with Crippen LogP contribution in [-0.4, -0.2) is 23.6 Å². The van der Waals surface area contributed by atoms with E-state index in [-0.39, 0.29) is 6.42 Å². The number of hydrazone groups is 1. The van der Waals surface area contributed by atoms with Crippen molar-refractivity contribution in [2.75, 3.05) is 0 Å². The molecule has 0 saturated carbocycles. The van der Waals surface area contributed by atoms with Crippen LogP contribution in [0.1, 0.15) is 20.3 Å². The highest BCUT2D eigenvalue weighted by molar-refractivity contribution is 6.35. The lowest BCUT2D eigenvalue weighted by Gasteiger charge is -2.14. The third-order valence-electron chi connectivity index (χ3n) is 2.35. The Labute approximate surface area is 132 Å². The lowest BCUT2D eigenvalue weighted by molar-refractivity contribution is -0.127.